The summed E-state index contributed by atoms with van der Waals surface area (Å²) in [6.07, 6.45) is 1.93. The van der Waals surface area contributed by atoms with Gasteiger partial charge in [-0.15, -0.1) is 0 Å². The summed E-state index contributed by atoms with van der Waals surface area (Å²) in [7, 11) is 1.78. The van der Waals surface area contributed by atoms with Crippen LogP contribution in [0, 0.1) is 0 Å². The van der Waals surface area contributed by atoms with Crippen molar-refractivity contribution in [1.29, 1.82) is 0 Å². The highest BCUT2D eigenvalue weighted by Crippen LogP contribution is 2.17. The Balaban J connectivity index is 1.58. The third-order valence-electron chi connectivity index (χ3n) is 4.08. The van der Waals surface area contributed by atoms with Crippen molar-refractivity contribution in [2.24, 2.45) is 0 Å². The van der Waals surface area contributed by atoms with Crippen LogP contribution in [0.5, 0.6) is 5.75 Å². The molecule has 2 aromatic carbocycles. The van der Waals surface area contributed by atoms with Crippen LogP contribution < -0.4 is 4.74 Å². The Hall–Kier alpha value is -2.72. The minimum Gasteiger partial charge on any atom is -0.492 e. The lowest BCUT2D eigenvalue weighted by Gasteiger charge is -2.19. The Morgan fingerprint density at radius 1 is 1.08 bits per heavy atom. The van der Waals surface area contributed by atoms with Crippen molar-refractivity contribution < 1.29 is 9.53 Å². The number of carbonyl (C=O) groups is 1. The van der Waals surface area contributed by atoms with Gasteiger partial charge in [-0.2, -0.15) is 0 Å². The molecule has 3 rings (SSSR count). The van der Waals surface area contributed by atoms with E-state index in [1.54, 1.807) is 24.1 Å². The molecule has 0 saturated carbocycles. The molecular weight excluding hydrogens is 348 g/mol. The van der Waals surface area contributed by atoms with Crippen molar-refractivity contribution in [3.63, 3.8) is 0 Å². The number of nitrogens with zero attached hydrogens (tertiary/aromatic N) is 2. The van der Waals surface area contributed by atoms with Crippen LogP contribution in [-0.2, 0) is 6.54 Å². The largest absolute Gasteiger partial charge is 0.492 e. The number of halogens is 1. The van der Waals surface area contributed by atoms with E-state index in [9.17, 15) is 4.79 Å². The molecule has 5 heteroatoms. The fourth-order valence-electron chi connectivity index (χ4n) is 2.68. The molecule has 1 heterocycles. The van der Waals surface area contributed by atoms with E-state index >= 15 is 0 Å². The molecule has 1 aromatic heterocycles. The molecule has 0 radical (unpaired) electrons. The van der Waals surface area contributed by atoms with E-state index in [0.29, 0.717) is 36.2 Å². The normalized spacial score (nSPS) is 10.5. The van der Waals surface area contributed by atoms with Crippen molar-refractivity contribution in [2.75, 3.05) is 20.2 Å². The predicted molar refractivity (Wildman–Crippen MR) is 104 cm³/mol. The number of amides is 1. The summed E-state index contributed by atoms with van der Waals surface area (Å²) < 4.78 is 7.63. The van der Waals surface area contributed by atoms with E-state index in [4.69, 9.17) is 16.3 Å². The van der Waals surface area contributed by atoms with Crippen molar-refractivity contribution in [1.82, 2.24) is 9.47 Å². The fourth-order valence-corrected chi connectivity index (χ4v) is 2.86. The maximum Gasteiger partial charge on any atom is 0.270 e. The molecule has 26 heavy (non-hydrogen) atoms. The Morgan fingerprint density at radius 2 is 1.88 bits per heavy atom. The second-order valence-electron chi connectivity index (χ2n) is 6.04. The van der Waals surface area contributed by atoms with Crippen molar-refractivity contribution >= 4 is 17.5 Å². The molecule has 0 aliphatic rings. The molecule has 0 N–H and O–H groups in total. The third kappa shape index (κ3) is 4.67. The molecule has 0 saturated heterocycles. The Labute approximate surface area is 158 Å². The molecule has 0 aliphatic carbocycles. The standard InChI is InChI=1S/C21H21ClN2O2/c1-23(13-14-26-19-10-5-9-18(22)15-19)21(25)20-11-6-12-24(20)16-17-7-3-2-4-8-17/h2-12,15H,13-14,16H2,1H3. The minimum atomic E-state index is -0.0272. The first-order valence-corrected chi connectivity index (χ1v) is 8.84. The average Bonchev–Trinajstić information content (AvgIpc) is 3.10. The van der Waals surface area contributed by atoms with Crippen LogP contribution in [0.1, 0.15) is 16.1 Å². The first kappa shape index (κ1) is 18.1. The number of hydrogen-bond donors (Lipinski definition) is 0. The van der Waals surface area contributed by atoms with Gasteiger partial charge in [0.1, 0.15) is 18.1 Å². The molecule has 0 unspecified atom stereocenters. The van der Waals surface area contributed by atoms with Crippen molar-refractivity contribution in [3.8, 4) is 5.75 Å². The summed E-state index contributed by atoms with van der Waals surface area (Å²) in [4.78, 5) is 14.4. The minimum absolute atomic E-state index is 0.0272. The van der Waals surface area contributed by atoms with E-state index in [0.717, 1.165) is 5.56 Å². The first-order chi connectivity index (χ1) is 12.6. The molecule has 0 aliphatic heterocycles. The summed E-state index contributed by atoms with van der Waals surface area (Å²) in [5.74, 6) is 0.673. The van der Waals surface area contributed by atoms with Gasteiger partial charge in [-0.25, -0.2) is 0 Å². The SMILES string of the molecule is CN(CCOc1cccc(Cl)c1)C(=O)c1cccn1Cc1ccccc1. The molecule has 0 fully saturated rings. The number of aromatic nitrogens is 1. The van der Waals surface area contributed by atoms with Gasteiger partial charge in [-0.3, -0.25) is 4.79 Å². The van der Waals surface area contributed by atoms with E-state index < -0.39 is 0 Å². The zero-order valence-corrected chi connectivity index (χ0v) is 15.4. The summed E-state index contributed by atoms with van der Waals surface area (Å²) in [6, 6.07) is 21.1. The number of likely N-dealkylation sites (N-methyl/N-ethyl adjacent to an activating group) is 1. The Morgan fingerprint density at radius 3 is 2.65 bits per heavy atom. The number of carbonyl (C=O) groups excluding carboxylic acids is 1. The number of rotatable bonds is 7. The predicted octanol–water partition coefficient (Wildman–Crippen LogP) is 4.34. The number of ether oxygens (including phenoxy) is 1. The van der Waals surface area contributed by atoms with Crippen LogP contribution in [0.3, 0.4) is 0 Å². The lowest BCUT2D eigenvalue weighted by atomic mass is 10.2. The number of benzene rings is 2. The van der Waals surface area contributed by atoms with Gasteiger partial charge in [-0.05, 0) is 35.9 Å². The smallest absolute Gasteiger partial charge is 0.270 e. The lowest BCUT2D eigenvalue weighted by molar-refractivity contribution is 0.0763. The van der Waals surface area contributed by atoms with E-state index in [-0.39, 0.29) is 5.91 Å². The van der Waals surface area contributed by atoms with Gasteiger partial charge in [0.25, 0.3) is 5.91 Å². The molecule has 0 bridgehead atoms. The van der Waals surface area contributed by atoms with Crippen LogP contribution in [0.15, 0.2) is 72.9 Å². The fraction of sp³-hybridized carbons (Fsp3) is 0.190. The second kappa shape index (κ2) is 8.59. The van der Waals surface area contributed by atoms with Gasteiger partial charge in [0.05, 0.1) is 6.54 Å². The second-order valence-corrected chi connectivity index (χ2v) is 6.48. The highest BCUT2D eigenvalue weighted by atomic mass is 35.5. The molecular formula is C21H21ClN2O2. The van der Waals surface area contributed by atoms with Crippen LogP contribution in [0.2, 0.25) is 5.02 Å². The van der Waals surface area contributed by atoms with Gasteiger partial charge < -0.3 is 14.2 Å². The van der Waals surface area contributed by atoms with Gasteiger partial charge >= 0.3 is 0 Å². The van der Waals surface area contributed by atoms with E-state index in [1.807, 2.05) is 53.2 Å². The zero-order valence-electron chi connectivity index (χ0n) is 14.6. The quantitative estimate of drug-likeness (QED) is 0.621. The van der Waals surface area contributed by atoms with Gasteiger partial charge in [0, 0.05) is 24.8 Å². The summed E-state index contributed by atoms with van der Waals surface area (Å²) in [5.41, 5.74) is 1.82. The summed E-state index contributed by atoms with van der Waals surface area (Å²) in [5, 5.41) is 0.630. The highest BCUT2D eigenvalue weighted by Gasteiger charge is 2.15. The first-order valence-electron chi connectivity index (χ1n) is 8.46. The van der Waals surface area contributed by atoms with Crippen molar-refractivity contribution in [2.45, 2.75) is 6.54 Å². The molecule has 4 nitrogen and oxygen atoms in total. The van der Waals surface area contributed by atoms with Crippen LogP contribution in [0.25, 0.3) is 0 Å². The monoisotopic (exact) mass is 368 g/mol. The van der Waals surface area contributed by atoms with Gasteiger partial charge in [0.15, 0.2) is 0 Å². The molecule has 134 valence electrons. The maximum atomic E-state index is 12.7. The average molecular weight is 369 g/mol. The molecule has 3 aromatic rings. The van der Waals surface area contributed by atoms with Crippen molar-refractivity contribution in [3.05, 3.63) is 89.2 Å². The maximum absolute atomic E-state index is 12.7. The molecule has 0 atom stereocenters. The molecule has 0 spiro atoms. The van der Waals surface area contributed by atoms with E-state index in [2.05, 4.69) is 12.1 Å². The third-order valence-corrected chi connectivity index (χ3v) is 4.32. The number of hydrogen-bond acceptors (Lipinski definition) is 2. The highest BCUT2D eigenvalue weighted by molar-refractivity contribution is 6.30. The van der Waals surface area contributed by atoms with Crippen LogP contribution >= 0.6 is 11.6 Å². The van der Waals surface area contributed by atoms with Crippen LogP contribution in [-0.4, -0.2) is 35.6 Å². The zero-order chi connectivity index (χ0) is 18.4. The summed E-state index contributed by atoms with van der Waals surface area (Å²) in [6.45, 7) is 1.56. The Bertz CT molecular complexity index is 861. The topological polar surface area (TPSA) is 34.5 Å². The van der Waals surface area contributed by atoms with Gasteiger partial charge in [-0.1, -0.05) is 48.0 Å². The Kier molecular flexibility index (Phi) is 5.97. The molecule has 1 amide bonds. The lowest BCUT2D eigenvalue weighted by Crippen LogP contribution is -2.32. The van der Waals surface area contributed by atoms with E-state index in [1.165, 1.54) is 0 Å². The summed E-state index contributed by atoms with van der Waals surface area (Å²) >= 11 is 5.94. The van der Waals surface area contributed by atoms with Gasteiger partial charge in [0.2, 0.25) is 0 Å². The van der Waals surface area contributed by atoms with Crippen LogP contribution in [0.4, 0.5) is 0 Å².